The first-order chi connectivity index (χ1) is 8.69. The van der Waals surface area contributed by atoms with E-state index >= 15 is 0 Å². The summed E-state index contributed by atoms with van der Waals surface area (Å²) in [5.74, 6) is 0.829. The maximum Gasteiger partial charge on any atom is 0.131 e. The molecule has 0 aliphatic carbocycles. The quantitative estimate of drug-likeness (QED) is 0.752. The summed E-state index contributed by atoms with van der Waals surface area (Å²) >= 11 is 3.43. The Labute approximate surface area is 113 Å². The number of rotatable bonds is 0. The molecule has 3 rings (SSSR count). The Morgan fingerprint density at radius 1 is 1.50 bits per heavy atom. The number of nitrogens with zero attached hydrogens (tertiary/aromatic N) is 3. The molecule has 4 nitrogen and oxygen atoms in total. The molecule has 0 atom stereocenters. The summed E-state index contributed by atoms with van der Waals surface area (Å²) in [5.41, 5.74) is 3.80. The highest BCUT2D eigenvalue weighted by molar-refractivity contribution is 9.10. The van der Waals surface area contributed by atoms with Crippen LogP contribution in [0.2, 0.25) is 0 Å². The predicted molar refractivity (Wildman–Crippen MR) is 69.3 cm³/mol. The minimum absolute atomic E-state index is 0.503. The van der Waals surface area contributed by atoms with Crippen LogP contribution in [0.4, 0.5) is 0 Å². The third-order valence-corrected chi connectivity index (χ3v) is 3.89. The molecule has 0 radical (unpaired) electrons. The molecule has 0 bridgehead atoms. The van der Waals surface area contributed by atoms with Gasteiger partial charge in [0.2, 0.25) is 0 Å². The van der Waals surface area contributed by atoms with Gasteiger partial charge >= 0.3 is 0 Å². The van der Waals surface area contributed by atoms with E-state index in [0.717, 1.165) is 27.2 Å². The molecule has 1 aliphatic rings. The topological polar surface area (TPSA) is 50.8 Å². The molecule has 0 amide bonds. The Hall–Kier alpha value is -1.80. The molecule has 1 aromatic heterocycles. The smallest absolute Gasteiger partial charge is 0.131 e. The zero-order valence-electron chi connectivity index (χ0n) is 9.77. The van der Waals surface area contributed by atoms with Gasteiger partial charge in [0, 0.05) is 11.1 Å². The summed E-state index contributed by atoms with van der Waals surface area (Å²) in [6.45, 7) is 3.15. The van der Waals surface area contributed by atoms with Crippen molar-refractivity contribution in [2.24, 2.45) is 0 Å². The summed E-state index contributed by atoms with van der Waals surface area (Å²) < 4.78 is 8.55. The van der Waals surface area contributed by atoms with Crippen LogP contribution in [0.3, 0.4) is 0 Å². The van der Waals surface area contributed by atoms with E-state index in [2.05, 4.69) is 27.1 Å². The summed E-state index contributed by atoms with van der Waals surface area (Å²) in [4.78, 5) is 0. The first-order valence-corrected chi connectivity index (χ1v) is 6.36. The average Bonchev–Trinajstić information content (AvgIpc) is 2.56. The predicted octanol–water partition coefficient (Wildman–Crippen LogP) is 2.77. The lowest BCUT2D eigenvalue weighted by molar-refractivity contribution is 0.301. The van der Waals surface area contributed by atoms with Crippen LogP contribution in [-0.4, -0.2) is 9.78 Å². The van der Waals surface area contributed by atoms with Crippen molar-refractivity contribution in [1.29, 1.82) is 5.26 Å². The Morgan fingerprint density at radius 3 is 3.11 bits per heavy atom. The van der Waals surface area contributed by atoms with Crippen molar-refractivity contribution in [3.05, 3.63) is 45.2 Å². The summed E-state index contributed by atoms with van der Waals surface area (Å²) in [5, 5.41) is 13.4. The number of ether oxygens (including phenoxy) is 1. The summed E-state index contributed by atoms with van der Waals surface area (Å²) in [6, 6.07) is 7.63. The van der Waals surface area contributed by atoms with Crippen LogP contribution in [0.25, 0.3) is 0 Å². The highest BCUT2D eigenvalue weighted by Gasteiger charge is 2.19. The Morgan fingerprint density at radius 2 is 2.33 bits per heavy atom. The van der Waals surface area contributed by atoms with Gasteiger partial charge < -0.3 is 4.74 Å². The molecule has 0 spiro atoms. The molecule has 2 aromatic rings. The Balaban J connectivity index is 2.10. The van der Waals surface area contributed by atoms with Crippen LogP contribution in [0.1, 0.15) is 22.4 Å². The van der Waals surface area contributed by atoms with E-state index in [4.69, 9.17) is 10.00 Å². The lowest BCUT2D eigenvalue weighted by Crippen LogP contribution is -2.04. The van der Waals surface area contributed by atoms with E-state index in [1.165, 1.54) is 0 Å². The van der Waals surface area contributed by atoms with E-state index in [-0.39, 0.29) is 0 Å². The summed E-state index contributed by atoms with van der Waals surface area (Å²) in [7, 11) is 0. The second-order valence-electron chi connectivity index (χ2n) is 4.24. The molecule has 0 unspecified atom stereocenters. The molecule has 1 aromatic carbocycles. The van der Waals surface area contributed by atoms with Gasteiger partial charge in [-0.3, -0.25) is 4.68 Å². The van der Waals surface area contributed by atoms with Crippen molar-refractivity contribution in [3.8, 4) is 11.8 Å². The molecule has 0 saturated heterocycles. The second-order valence-corrected chi connectivity index (χ2v) is 4.99. The molecule has 90 valence electrons. The molecule has 2 heterocycles. The molecular formula is C13H10BrN3O. The number of hydrogen-bond donors (Lipinski definition) is 0. The van der Waals surface area contributed by atoms with Gasteiger partial charge in [-0.2, -0.15) is 10.4 Å². The van der Waals surface area contributed by atoms with Crippen LogP contribution in [0, 0.1) is 18.3 Å². The number of fused-ring (bicyclic) bond motifs is 2. The van der Waals surface area contributed by atoms with Gasteiger partial charge in [-0.1, -0.05) is 0 Å². The van der Waals surface area contributed by atoms with Crippen molar-refractivity contribution in [1.82, 2.24) is 9.78 Å². The van der Waals surface area contributed by atoms with E-state index in [1.54, 1.807) is 6.07 Å². The number of hydrogen-bond acceptors (Lipinski definition) is 3. The maximum atomic E-state index is 8.93. The van der Waals surface area contributed by atoms with Gasteiger partial charge in [0.1, 0.15) is 17.0 Å². The van der Waals surface area contributed by atoms with Crippen LogP contribution in [-0.2, 0) is 13.2 Å². The van der Waals surface area contributed by atoms with Crippen LogP contribution >= 0.6 is 15.9 Å². The molecule has 0 fully saturated rings. The van der Waals surface area contributed by atoms with E-state index in [0.29, 0.717) is 18.7 Å². The van der Waals surface area contributed by atoms with Crippen molar-refractivity contribution >= 4 is 15.9 Å². The number of halogens is 1. The highest BCUT2D eigenvalue weighted by atomic mass is 79.9. The molecule has 1 aliphatic heterocycles. The molecule has 5 heteroatoms. The Bertz CT molecular complexity index is 670. The number of benzene rings is 1. The zero-order valence-corrected chi connectivity index (χ0v) is 11.4. The first kappa shape index (κ1) is 11.3. The fraction of sp³-hybridized carbons (Fsp3) is 0.231. The SMILES string of the molecule is Cc1c(Br)nn2c1COc1ccc(C#N)cc1C2. The minimum atomic E-state index is 0.503. The maximum absolute atomic E-state index is 8.93. The van der Waals surface area contributed by atoms with E-state index in [1.807, 2.05) is 23.7 Å². The van der Waals surface area contributed by atoms with Crippen LogP contribution in [0.15, 0.2) is 22.8 Å². The highest BCUT2D eigenvalue weighted by Crippen LogP contribution is 2.29. The minimum Gasteiger partial charge on any atom is -0.487 e. The van der Waals surface area contributed by atoms with Gasteiger partial charge in [0.25, 0.3) is 0 Å². The van der Waals surface area contributed by atoms with Gasteiger partial charge in [-0.05, 0) is 41.1 Å². The Kier molecular flexibility index (Phi) is 2.60. The van der Waals surface area contributed by atoms with Crippen molar-refractivity contribution in [2.75, 3.05) is 0 Å². The fourth-order valence-corrected chi connectivity index (χ4v) is 2.51. The fourth-order valence-electron chi connectivity index (χ4n) is 2.09. The lowest BCUT2D eigenvalue weighted by atomic mass is 10.1. The van der Waals surface area contributed by atoms with Crippen LogP contribution in [0.5, 0.6) is 5.75 Å². The van der Waals surface area contributed by atoms with Crippen molar-refractivity contribution in [2.45, 2.75) is 20.1 Å². The van der Waals surface area contributed by atoms with Gasteiger partial charge in [-0.15, -0.1) is 0 Å². The monoisotopic (exact) mass is 303 g/mol. The van der Waals surface area contributed by atoms with Crippen molar-refractivity contribution < 1.29 is 4.74 Å². The first-order valence-electron chi connectivity index (χ1n) is 5.56. The number of nitriles is 1. The lowest BCUT2D eigenvalue weighted by Gasteiger charge is -2.06. The number of aromatic nitrogens is 2. The van der Waals surface area contributed by atoms with E-state index < -0.39 is 0 Å². The van der Waals surface area contributed by atoms with E-state index in [9.17, 15) is 0 Å². The molecule has 0 N–H and O–H groups in total. The third kappa shape index (κ3) is 1.70. The second kappa shape index (κ2) is 4.14. The van der Waals surface area contributed by atoms with Gasteiger partial charge in [0.15, 0.2) is 0 Å². The normalized spacial score (nSPS) is 12.9. The molecule has 0 saturated carbocycles. The van der Waals surface area contributed by atoms with Crippen LogP contribution < -0.4 is 4.74 Å². The van der Waals surface area contributed by atoms with Gasteiger partial charge in [-0.25, -0.2) is 0 Å². The summed E-state index contributed by atoms with van der Waals surface area (Å²) in [6.07, 6.45) is 0. The average molecular weight is 304 g/mol. The molecular weight excluding hydrogens is 294 g/mol. The zero-order chi connectivity index (χ0) is 12.7. The largest absolute Gasteiger partial charge is 0.487 e. The standard InChI is InChI=1S/C13H10BrN3O/c1-8-11-7-18-12-3-2-9(5-15)4-10(12)6-17(11)16-13(8)14/h2-4H,6-7H2,1H3. The van der Waals surface area contributed by atoms with Crippen molar-refractivity contribution in [3.63, 3.8) is 0 Å². The third-order valence-electron chi connectivity index (χ3n) is 3.14. The van der Waals surface area contributed by atoms with Gasteiger partial charge in [0.05, 0.1) is 23.9 Å². The molecule has 18 heavy (non-hydrogen) atoms.